The van der Waals surface area contributed by atoms with Crippen LogP contribution in [0.15, 0.2) is 12.1 Å². The topological polar surface area (TPSA) is 50.2 Å². The van der Waals surface area contributed by atoms with Crippen molar-refractivity contribution >= 4 is 17.6 Å². The Morgan fingerprint density at radius 3 is 1.86 bits per heavy atom. The number of carboxylic acid groups (broad SMARTS) is 1. The third-order valence-electron chi connectivity index (χ3n) is 2.55. The molecule has 0 saturated carbocycles. The molecule has 110 valence electrons. The van der Waals surface area contributed by atoms with Gasteiger partial charge in [-0.3, -0.25) is 0 Å². The Kier molecular flexibility index (Phi) is 3.82. The Morgan fingerprint density at radius 2 is 1.43 bits per heavy atom. The number of aromatic nitrogens is 1. The molecule has 1 N–H and O–H groups in total. The van der Waals surface area contributed by atoms with Gasteiger partial charge in [0.1, 0.15) is 5.15 Å². The van der Waals surface area contributed by atoms with Gasteiger partial charge >= 0.3 is 5.97 Å². The van der Waals surface area contributed by atoms with Crippen molar-refractivity contribution in [3.05, 3.63) is 51.9 Å². The van der Waals surface area contributed by atoms with Gasteiger partial charge < -0.3 is 5.11 Å². The fourth-order valence-corrected chi connectivity index (χ4v) is 1.80. The molecule has 0 amide bonds. The van der Waals surface area contributed by atoms with Crippen molar-refractivity contribution in [1.82, 2.24) is 4.98 Å². The number of nitrogens with zero attached hydrogens (tertiary/aromatic N) is 1. The van der Waals surface area contributed by atoms with Gasteiger partial charge in [0.15, 0.2) is 23.3 Å². The quantitative estimate of drug-likeness (QED) is 0.396. The summed E-state index contributed by atoms with van der Waals surface area (Å²) in [6.45, 7) is 0. The number of carboxylic acids is 1. The van der Waals surface area contributed by atoms with Crippen LogP contribution < -0.4 is 0 Å². The van der Waals surface area contributed by atoms with Crippen LogP contribution in [0.25, 0.3) is 11.3 Å². The van der Waals surface area contributed by atoms with Crippen LogP contribution in [0.1, 0.15) is 10.4 Å². The van der Waals surface area contributed by atoms with E-state index in [0.717, 1.165) is 12.1 Å². The van der Waals surface area contributed by atoms with Gasteiger partial charge in [-0.05, 0) is 12.1 Å². The fourth-order valence-electron chi connectivity index (χ4n) is 1.56. The van der Waals surface area contributed by atoms with Crippen LogP contribution in [-0.4, -0.2) is 16.1 Å². The van der Waals surface area contributed by atoms with Gasteiger partial charge in [-0.2, -0.15) is 0 Å². The van der Waals surface area contributed by atoms with Crippen LogP contribution >= 0.6 is 11.6 Å². The molecule has 0 atom stereocenters. The van der Waals surface area contributed by atoms with E-state index >= 15 is 0 Å². The number of pyridine rings is 1. The van der Waals surface area contributed by atoms with E-state index in [2.05, 4.69) is 4.98 Å². The third-order valence-corrected chi connectivity index (χ3v) is 2.83. The van der Waals surface area contributed by atoms with E-state index in [1.807, 2.05) is 0 Å². The number of carbonyl (C=O) groups is 1. The summed E-state index contributed by atoms with van der Waals surface area (Å²) in [6.07, 6.45) is 0. The second kappa shape index (κ2) is 5.28. The standard InChI is InChI=1S/C12H3ClF5NO2/c13-11-3(12(20)21)1-2-4(19-11)5-6(14)8(16)10(18)9(17)7(5)15/h1-2H,(H,20,21). The molecule has 0 aliphatic heterocycles. The van der Waals surface area contributed by atoms with E-state index in [0.29, 0.717) is 0 Å². The molecular formula is C12H3ClF5NO2. The molecule has 0 aliphatic rings. The summed E-state index contributed by atoms with van der Waals surface area (Å²) in [6, 6.07) is 1.62. The molecule has 0 bridgehead atoms. The van der Waals surface area contributed by atoms with Crippen LogP contribution in [0.4, 0.5) is 22.0 Å². The lowest BCUT2D eigenvalue weighted by atomic mass is 10.1. The van der Waals surface area contributed by atoms with E-state index < -0.39 is 57.0 Å². The van der Waals surface area contributed by atoms with Crippen molar-refractivity contribution in [3.63, 3.8) is 0 Å². The summed E-state index contributed by atoms with van der Waals surface area (Å²) < 4.78 is 66.2. The van der Waals surface area contributed by atoms with Crippen LogP contribution in [0.5, 0.6) is 0 Å². The van der Waals surface area contributed by atoms with E-state index in [4.69, 9.17) is 16.7 Å². The molecule has 21 heavy (non-hydrogen) atoms. The number of rotatable bonds is 2. The van der Waals surface area contributed by atoms with Gasteiger partial charge in [0.25, 0.3) is 0 Å². The first kappa shape index (κ1) is 15.2. The number of benzene rings is 1. The minimum absolute atomic E-state index is 0.482. The van der Waals surface area contributed by atoms with Crippen molar-refractivity contribution in [2.45, 2.75) is 0 Å². The minimum Gasteiger partial charge on any atom is -0.478 e. The normalized spacial score (nSPS) is 10.8. The number of hydrogen-bond donors (Lipinski definition) is 1. The molecule has 0 aliphatic carbocycles. The van der Waals surface area contributed by atoms with Crippen molar-refractivity contribution in [2.75, 3.05) is 0 Å². The van der Waals surface area contributed by atoms with E-state index in [1.54, 1.807) is 0 Å². The Hall–Kier alpha value is -2.22. The fraction of sp³-hybridized carbons (Fsp3) is 0. The van der Waals surface area contributed by atoms with E-state index in [-0.39, 0.29) is 0 Å². The molecule has 0 spiro atoms. The second-order valence-corrected chi connectivity index (χ2v) is 4.14. The lowest BCUT2D eigenvalue weighted by Crippen LogP contribution is -2.06. The Balaban J connectivity index is 2.74. The molecule has 1 aromatic carbocycles. The zero-order chi connectivity index (χ0) is 15.9. The zero-order valence-corrected chi connectivity index (χ0v) is 10.5. The monoisotopic (exact) mass is 323 g/mol. The smallest absolute Gasteiger partial charge is 0.338 e. The van der Waals surface area contributed by atoms with Crippen molar-refractivity contribution in [3.8, 4) is 11.3 Å². The van der Waals surface area contributed by atoms with Crippen LogP contribution in [-0.2, 0) is 0 Å². The Bertz CT molecular complexity index is 737. The van der Waals surface area contributed by atoms with Gasteiger partial charge in [-0.25, -0.2) is 31.7 Å². The van der Waals surface area contributed by atoms with Gasteiger partial charge in [0.2, 0.25) is 5.82 Å². The molecule has 1 heterocycles. The summed E-state index contributed by atoms with van der Waals surface area (Å²) in [7, 11) is 0. The molecule has 0 unspecified atom stereocenters. The highest BCUT2D eigenvalue weighted by atomic mass is 35.5. The van der Waals surface area contributed by atoms with Crippen LogP contribution in [0.2, 0.25) is 5.15 Å². The first-order valence-electron chi connectivity index (χ1n) is 5.17. The maximum atomic E-state index is 13.6. The van der Waals surface area contributed by atoms with Crippen LogP contribution in [0.3, 0.4) is 0 Å². The first-order valence-corrected chi connectivity index (χ1v) is 5.55. The SMILES string of the molecule is O=C(O)c1ccc(-c2c(F)c(F)c(F)c(F)c2F)nc1Cl. The highest BCUT2D eigenvalue weighted by molar-refractivity contribution is 6.32. The third kappa shape index (κ3) is 2.42. The predicted molar refractivity (Wildman–Crippen MR) is 61.4 cm³/mol. The lowest BCUT2D eigenvalue weighted by Gasteiger charge is -2.08. The summed E-state index contributed by atoms with van der Waals surface area (Å²) in [5.41, 5.74) is -2.45. The van der Waals surface area contributed by atoms with Gasteiger partial charge in [-0.15, -0.1) is 0 Å². The summed E-state index contributed by atoms with van der Waals surface area (Å²) in [4.78, 5) is 14.1. The molecule has 0 saturated heterocycles. The van der Waals surface area contributed by atoms with Crippen LogP contribution in [0, 0.1) is 29.1 Å². The maximum absolute atomic E-state index is 13.6. The van der Waals surface area contributed by atoms with Gasteiger partial charge in [0, 0.05) is 0 Å². The predicted octanol–water partition coefficient (Wildman–Crippen LogP) is 3.80. The first-order chi connectivity index (χ1) is 9.75. The van der Waals surface area contributed by atoms with Crippen molar-refractivity contribution in [2.24, 2.45) is 0 Å². The molecule has 0 fully saturated rings. The minimum atomic E-state index is -2.30. The van der Waals surface area contributed by atoms with E-state index in [1.165, 1.54) is 0 Å². The zero-order valence-electron chi connectivity index (χ0n) is 9.73. The van der Waals surface area contributed by atoms with E-state index in [9.17, 15) is 26.7 Å². The molecule has 1 aromatic heterocycles. The molecule has 2 aromatic rings. The molecule has 9 heteroatoms. The van der Waals surface area contributed by atoms with Gasteiger partial charge in [-0.1, -0.05) is 11.6 Å². The maximum Gasteiger partial charge on any atom is 0.338 e. The number of halogens is 6. The Morgan fingerprint density at radius 1 is 0.952 bits per heavy atom. The largest absolute Gasteiger partial charge is 0.478 e. The highest BCUT2D eigenvalue weighted by Crippen LogP contribution is 2.31. The molecule has 3 nitrogen and oxygen atoms in total. The average Bonchev–Trinajstić information content (AvgIpc) is 2.43. The summed E-state index contributed by atoms with van der Waals surface area (Å²) in [5.74, 6) is -12.2. The number of aromatic carboxylic acids is 1. The van der Waals surface area contributed by atoms with Crippen molar-refractivity contribution < 1.29 is 31.9 Å². The average molecular weight is 324 g/mol. The molecular weight excluding hydrogens is 321 g/mol. The second-order valence-electron chi connectivity index (χ2n) is 3.78. The van der Waals surface area contributed by atoms with Crippen molar-refractivity contribution in [1.29, 1.82) is 0 Å². The highest BCUT2D eigenvalue weighted by Gasteiger charge is 2.27. The molecule has 2 rings (SSSR count). The van der Waals surface area contributed by atoms with Gasteiger partial charge in [0.05, 0.1) is 16.8 Å². The molecule has 0 radical (unpaired) electrons. The number of hydrogen-bond acceptors (Lipinski definition) is 2. The summed E-state index contributed by atoms with van der Waals surface area (Å²) >= 11 is 5.49. The summed E-state index contributed by atoms with van der Waals surface area (Å²) in [5, 5.41) is 8.07. The Labute approximate surface area is 118 Å². The lowest BCUT2D eigenvalue weighted by molar-refractivity contribution is 0.0696.